The summed E-state index contributed by atoms with van der Waals surface area (Å²) in [6, 6.07) is 11.9. The standard InChI is InChI=1S/C18H23N5O2/c1-3-25-18(24)23-11-9-22(10-12-23)17-13-16(19-14(2)20-17)21-15-7-5-4-6-8-15/h4-8,13H,3,9-12H2,1-2H3,(H,19,20,21). The summed E-state index contributed by atoms with van der Waals surface area (Å²) < 4.78 is 5.06. The summed E-state index contributed by atoms with van der Waals surface area (Å²) in [7, 11) is 0. The second-order valence-corrected chi connectivity index (χ2v) is 5.82. The highest BCUT2D eigenvalue weighted by atomic mass is 16.6. The van der Waals surface area contributed by atoms with Gasteiger partial charge in [0.1, 0.15) is 17.5 Å². The fourth-order valence-corrected chi connectivity index (χ4v) is 2.78. The number of nitrogens with zero attached hydrogens (tertiary/aromatic N) is 4. The Bertz CT molecular complexity index is 715. The number of ether oxygens (including phenoxy) is 1. The highest BCUT2D eigenvalue weighted by Crippen LogP contribution is 2.21. The van der Waals surface area contributed by atoms with E-state index in [0.29, 0.717) is 25.5 Å². The molecule has 132 valence electrons. The quantitative estimate of drug-likeness (QED) is 0.922. The van der Waals surface area contributed by atoms with Gasteiger partial charge in [-0.2, -0.15) is 0 Å². The summed E-state index contributed by atoms with van der Waals surface area (Å²) in [6.07, 6.45) is -0.243. The van der Waals surface area contributed by atoms with Crippen molar-refractivity contribution < 1.29 is 9.53 Å². The van der Waals surface area contributed by atoms with E-state index in [9.17, 15) is 4.79 Å². The summed E-state index contributed by atoms with van der Waals surface area (Å²) in [5.74, 6) is 2.35. The minimum absolute atomic E-state index is 0.243. The number of amides is 1. The molecule has 3 rings (SSSR count). The molecule has 1 N–H and O–H groups in total. The molecule has 1 fully saturated rings. The molecule has 1 aliphatic heterocycles. The van der Waals surface area contributed by atoms with E-state index in [1.165, 1.54) is 0 Å². The summed E-state index contributed by atoms with van der Waals surface area (Å²) in [6.45, 7) is 6.80. The summed E-state index contributed by atoms with van der Waals surface area (Å²) in [5, 5.41) is 3.31. The monoisotopic (exact) mass is 341 g/mol. The Morgan fingerprint density at radius 3 is 2.56 bits per heavy atom. The predicted molar refractivity (Wildman–Crippen MR) is 97.3 cm³/mol. The van der Waals surface area contributed by atoms with Crippen LogP contribution in [0.3, 0.4) is 0 Å². The molecule has 1 aromatic carbocycles. The fourth-order valence-electron chi connectivity index (χ4n) is 2.78. The first-order valence-corrected chi connectivity index (χ1v) is 8.50. The molecule has 2 heterocycles. The van der Waals surface area contributed by atoms with Gasteiger partial charge >= 0.3 is 6.09 Å². The number of nitrogens with one attached hydrogen (secondary N) is 1. The predicted octanol–water partition coefficient (Wildman–Crippen LogP) is 2.81. The zero-order chi connectivity index (χ0) is 17.6. The lowest BCUT2D eigenvalue weighted by Crippen LogP contribution is -2.49. The second kappa shape index (κ2) is 7.83. The maximum absolute atomic E-state index is 11.8. The van der Waals surface area contributed by atoms with E-state index in [-0.39, 0.29) is 6.09 Å². The maximum Gasteiger partial charge on any atom is 0.409 e. The third kappa shape index (κ3) is 4.37. The molecule has 1 aromatic heterocycles. The van der Waals surface area contributed by atoms with Crippen molar-refractivity contribution in [2.75, 3.05) is 43.0 Å². The van der Waals surface area contributed by atoms with Gasteiger partial charge in [0.2, 0.25) is 0 Å². The van der Waals surface area contributed by atoms with E-state index < -0.39 is 0 Å². The van der Waals surface area contributed by atoms with Crippen molar-refractivity contribution in [3.05, 3.63) is 42.2 Å². The lowest BCUT2D eigenvalue weighted by molar-refractivity contribution is 0.105. The number of carbonyl (C=O) groups is 1. The van der Waals surface area contributed by atoms with Crippen LogP contribution in [0, 0.1) is 6.92 Å². The molecule has 1 amide bonds. The molecular weight excluding hydrogens is 318 g/mol. The number of aryl methyl sites for hydroxylation is 1. The summed E-state index contributed by atoms with van der Waals surface area (Å²) in [5.41, 5.74) is 0.985. The number of hydrogen-bond donors (Lipinski definition) is 1. The molecule has 0 unspecified atom stereocenters. The van der Waals surface area contributed by atoms with Crippen LogP contribution in [-0.2, 0) is 4.74 Å². The Balaban J connectivity index is 1.68. The van der Waals surface area contributed by atoms with Gasteiger partial charge in [0.05, 0.1) is 6.61 Å². The van der Waals surface area contributed by atoms with E-state index >= 15 is 0 Å². The summed E-state index contributed by atoms with van der Waals surface area (Å²) >= 11 is 0. The second-order valence-electron chi connectivity index (χ2n) is 5.82. The zero-order valence-corrected chi connectivity index (χ0v) is 14.6. The highest BCUT2D eigenvalue weighted by Gasteiger charge is 2.23. The van der Waals surface area contributed by atoms with Gasteiger partial charge in [-0.05, 0) is 26.0 Å². The van der Waals surface area contributed by atoms with Crippen LogP contribution in [0.5, 0.6) is 0 Å². The van der Waals surface area contributed by atoms with Crippen LogP contribution in [0.25, 0.3) is 0 Å². The molecule has 0 atom stereocenters. The van der Waals surface area contributed by atoms with Crippen molar-refractivity contribution in [3.8, 4) is 0 Å². The third-order valence-corrected chi connectivity index (χ3v) is 4.00. The van der Waals surface area contributed by atoms with E-state index in [0.717, 1.165) is 30.4 Å². The Kier molecular flexibility index (Phi) is 5.33. The minimum Gasteiger partial charge on any atom is -0.450 e. The molecular formula is C18H23N5O2. The number of para-hydroxylation sites is 1. The lowest BCUT2D eigenvalue weighted by atomic mass is 10.3. The number of carbonyl (C=O) groups excluding carboxylic acids is 1. The Morgan fingerprint density at radius 2 is 1.88 bits per heavy atom. The third-order valence-electron chi connectivity index (χ3n) is 4.00. The number of benzene rings is 1. The van der Waals surface area contributed by atoms with Gasteiger partial charge in [-0.15, -0.1) is 0 Å². The first-order valence-electron chi connectivity index (χ1n) is 8.50. The smallest absolute Gasteiger partial charge is 0.409 e. The molecule has 1 aliphatic rings. The molecule has 0 spiro atoms. The first-order chi connectivity index (χ1) is 12.2. The summed E-state index contributed by atoms with van der Waals surface area (Å²) in [4.78, 5) is 24.7. The highest BCUT2D eigenvalue weighted by molar-refractivity contribution is 5.68. The zero-order valence-electron chi connectivity index (χ0n) is 14.6. The Hall–Kier alpha value is -2.83. The first kappa shape index (κ1) is 17.0. The average Bonchev–Trinajstić information content (AvgIpc) is 2.62. The van der Waals surface area contributed by atoms with Crippen molar-refractivity contribution in [1.29, 1.82) is 0 Å². The molecule has 2 aromatic rings. The van der Waals surface area contributed by atoms with Crippen LogP contribution in [0.1, 0.15) is 12.7 Å². The Labute approximate surface area is 147 Å². The van der Waals surface area contributed by atoms with E-state index in [1.807, 2.05) is 50.2 Å². The van der Waals surface area contributed by atoms with Crippen molar-refractivity contribution in [3.63, 3.8) is 0 Å². The number of piperazine rings is 1. The average molecular weight is 341 g/mol. The minimum atomic E-state index is -0.243. The van der Waals surface area contributed by atoms with Crippen LogP contribution in [0.2, 0.25) is 0 Å². The number of rotatable bonds is 4. The number of anilines is 3. The SMILES string of the molecule is CCOC(=O)N1CCN(c2cc(Nc3ccccc3)nc(C)n2)CC1. The van der Waals surface area contributed by atoms with Crippen LogP contribution in [0.4, 0.5) is 22.1 Å². The van der Waals surface area contributed by atoms with Crippen LogP contribution in [-0.4, -0.2) is 53.7 Å². The van der Waals surface area contributed by atoms with Gasteiger partial charge in [0, 0.05) is 37.9 Å². The molecule has 0 bridgehead atoms. The van der Waals surface area contributed by atoms with Crippen LogP contribution >= 0.6 is 0 Å². The molecule has 1 saturated heterocycles. The van der Waals surface area contributed by atoms with Crippen molar-refractivity contribution in [2.24, 2.45) is 0 Å². The van der Waals surface area contributed by atoms with Gasteiger partial charge in [0.15, 0.2) is 0 Å². The normalized spacial score (nSPS) is 14.3. The molecule has 0 aliphatic carbocycles. The molecule has 0 radical (unpaired) electrons. The van der Waals surface area contributed by atoms with E-state index in [2.05, 4.69) is 20.2 Å². The maximum atomic E-state index is 11.8. The molecule has 7 nitrogen and oxygen atoms in total. The van der Waals surface area contributed by atoms with Gasteiger partial charge in [0.25, 0.3) is 0 Å². The molecule has 7 heteroatoms. The van der Waals surface area contributed by atoms with Crippen molar-refractivity contribution >= 4 is 23.4 Å². The molecule has 0 saturated carbocycles. The van der Waals surface area contributed by atoms with Gasteiger partial charge in [-0.25, -0.2) is 14.8 Å². The van der Waals surface area contributed by atoms with Gasteiger partial charge in [-0.3, -0.25) is 0 Å². The topological polar surface area (TPSA) is 70.6 Å². The van der Waals surface area contributed by atoms with Crippen molar-refractivity contribution in [2.45, 2.75) is 13.8 Å². The fraction of sp³-hybridized carbons (Fsp3) is 0.389. The van der Waals surface area contributed by atoms with Crippen LogP contribution in [0.15, 0.2) is 36.4 Å². The van der Waals surface area contributed by atoms with E-state index in [4.69, 9.17) is 4.74 Å². The van der Waals surface area contributed by atoms with Crippen molar-refractivity contribution in [1.82, 2.24) is 14.9 Å². The Morgan fingerprint density at radius 1 is 1.16 bits per heavy atom. The molecule has 25 heavy (non-hydrogen) atoms. The van der Waals surface area contributed by atoms with Gasteiger partial charge in [-0.1, -0.05) is 18.2 Å². The lowest BCUT2D eigenvalue weighted by Gasteiger charge is -2.34. The van der Waals surface area contributed by atoms with Crippen LogP contribution < -0.4 is 10.2 Å². The number of aromatic nitrogens is 2. The van der Waals surface area contributed by atoms with Gasteiger partial charge < -0.3 is 19.9 Å². The largest absolute Gasteiger partial charge is 0.450 e. The number of hydrogen-bond acceptors (Lipinski definition) is 6. The van der Waals surface area contributed by atoms with E-state index in [1.54, 1.807) is 4.90 Å².